The molecule has 1 aromatic heterocycles. The molecule has 1 aliphatic heterocycles. The maximum absolute atomic E-state index is 13.2. The highest BCUT2D eigenvalue weighted by molar-refractivity contribution is 6.11. The molecule has 0 aliphatic carbocycles. The Kier molecular flexibility index (Phi) is 3.77. The molecule has 1 unspecified atom stereocenters. The zero-order chi connectivity index (χ0) is 14.9. The smallest absolute Gasteiger partial charge is 0.184 e. The number of para-hydroxylation sites is 1. The molecule has 21 heavy (non-hydrogen) atoms. The van der Waals surface area contributed by atoms with E-state index in [-0.39, 0.29) is 5.78 Å². The topological polar surface area (TPSA) is 33.2 Å². The van der Waals surface area contributed by atoms with Crippen LogP contribution in [-0.2, 0) is 0 Å². The van der Waals surface area contributed by atoms with Gasteiger partial charge < -0.3 is 0 Å². The molecule has 0 saturated carbocycles. The maximum Gasteiger partial charge on any atom is 0.184 e. The molecule has 0 bridgehead atoms. The minimum Gasteiger partial charge on any atom is -0.292 e. The Bertz CT molecular complexity index is 656. The summed E-state index contributed by atoms with van der Waals surface area (Å²) >= 11 is 0. The zero-order valence-electron chi connectivity index (χ0n) is 12.8. The van der Waals surface area contributed by atoms with Crippen LogP contribution in [0.15, 0.2) is 36.5 Å². The molecule has 3 heteroatoms. The molecule has 1 saturated heterocycles. The summed E-state index contributed by atoms with van der Waals surface area (Å²) in [6.45, 7) is 6.24. The third kappa shape index (κ3) is 2.36. The number of nitrogens with zero attached hydrogens (tertiary/aromatic N) is 2. The van der Waals surface area contributed by atoms with Crippen LogP contribution in [-0.4, -0.2) is 34.3 Å². The number of carbonyl (C=O) groups is 1. The second kappa shape index (κ2) is 5.57. The summed E-state index contributed by atoms with van der Waals surface area (Å²) in [5, 5.41) is 1.03. The molecule has 3 rings (SSSR count). The molecule has 0 spiro atoms. The average molecular weight is 282 g/mol. The Morgan fingerprint density at radius 1 is 1.24 bits per heavy atom. The quantitative estimate of drug-likeness (QED) is 0.802. The first-order chi connectivity index (χ1) is 10.2. The molecule has 1 atom stereocenters. The number of likely N-dealkylation sites (tertiary alicyclic amines) is 1. The lowest BCUT2D eigenvalue weighted by molar-refractivity contribution is 0.0649. The Labute approximate surface area is 126 Å². The van der Waals surface area contributed by atoms with Crippen molar-refractivity contribution in [2.24, 2.45) is 0 Å². The van der Waals surface area contributed by atoms with Gasteiger partial charge in [0.1, 0.15) is 0 Å². The fraction of sp³-hybridized carbons (Fsp3) is 0.444. The van der Waals surface area contributed by atoms with Crippen LogP contribution in [0.3, 0.4) is 0 Å². The van der Waals surface area contributed by atoms with E-state index in [1.165, 1.54) is 12.8 Å². The fourth-order valence-corrected chi connectivity index (χ4v) is 3.32. The fourth-order valence-electron chi connectivity index (χ4n) is 3.32. The Morgan fingerprint density at radius 2 is 1.95 bits per heavy atom. The second-order valence-corrected chi connectivity index (χ2v) is 6.03. The van der Waals surface area contributed by atoms with E-state index in [9.17, 15) is 4.79 Å². The van der Waals surface area contributed by atoms with Gasteiger partial charge in [0.15, 0.2) is 5.78 Å². The predicted molar refractivity (Wildman–Crippen MR) is 85.6 cm³/mol. The van der Waals surface area contributed by atoms with Gasteiger partial charge in [0, 0.05) is 17.1 Å². The molecule has 110 valence electrons. The molecular weight excluding hydrogens is 260 g/mol. The van der Waals surface area contributed by atoms with Crippen molar-refractivity contribution >= 4 is 16.7 Å². The van der Waals surface area contributed by atoms with Crippen LogP contribution in [0.1, 0.15) is 43.5 Å². The van der Waals surface area contributed by atoms with Gasteiger partial charge in [0.25, 0.3) is 0 Å². The van der Waals surface area contributed by atoms with E-state index in [4.69, 9.17) is 0 Å². The highest BCUT2D eigenvalue weighted by atomic mass is 16.1. The molecular formula is C18H22N2O. The van der Waals surface area contributed by atoms with Gasteiger partial charge in [0.2, 0.25) is 0 Å². The largest absolute Gasteiger partial charge is 0.292 e. The van der Waals surface area contributed by atoms with E-state index in [2.05, 4.69) is 23.7 Å². The maximum atomic E-state index is 13.2. The average Bonchev–Trinajstić information content (AvgIpc) is 3.08. The lowest BCUT2D eigenvalue weighted by atomic mass is 9.86. The number of ketones is 1. The van der Waals surface area contributed by atoms with E-state index in [1.54, 1.807) is 6.20 Å². The monoisotopic (exact) mass is 282 g/mol. The van der Waals surface area contributed by atoms with Crippen LogP contribution in [0.25, 0.3) is 10.9 Å². The van der Waals surface area contributed by atoms with Gasteiger partial charge in [-0.3, -0.25) is 14.7 Å². The van der Waals surface area contributed by atoms with E-state index >= 15 is 0 Å². The molecule has 1 aromatic carbocycles. The van der Waals surface area contributed by atoms with Crippen LogP contribution < -0.4 is 0 Å². The summed E-state index contributed by atoms with van der Waals surface area (Å²) < 4.78 is 0. The number of pyridine rings is 1. The number of aromatic nitrogens is 1. The van der Waals surface area contributed by atoms with Gasteiger partial charge in [-0.05, 0) is 51.4 Å². The van der Waals surface area contributed by atoms with Crippen LogP contribution in [0.4, 0.5) is 0 Å². The molecule has 1 fully saturated rings. The Hall–Kier alpha value is -1.74. The lowest BCUT2D eigenvalue weighted by Gasteiger charge is -2.36. The Balaban J connectivity index is 2.06. The molecule has 0 radical (unpaired) electrons. The number of carbonyl (C=O) groups excluding carboxylic acids is 1. The predicted octanol–water partition coefficient (Wildman–Crippen LogP) is 3.68. The van der Waals surface area contributed by atoms with Gasteiger partial charge in [-0.25, -0.2) is 0 Å². The number of rotatable bonds is 4. The van der Waals surface area contributed by atoms with Crippen molar-refractivity contribution in [2.75, 3.05) is 13.1 Å². The van der Waals surface area contributed by atoms with Crippen LogP contribution in [0.5, 0.6) is 0 Å². The van der Waals surface area contributed by atoms with Crippen molar-refractivity contribution in [1.29, 1.82) is 0 Å². The standard InChI is InChI=1S/C18H22N2O/c1-3-18(2,20-12-4-5-13-20)17(21)15-10-6-8-14-9-7-11-19-16(14)15/h6-11H,3-5,12-13H2,1-2H3. The first-order valence-electron chi connectivity index (χ1n) is 7.80. The SMILES string of the molecule is CCC(C)(C(=O)c1cccc2cccnc12)N1CCCC1. The second-order valence-electron chi connectivity index (χ2n) is 6.03. The summed E-state index contributed by atoms with van der Waals surface area (Å²) in [4.78, 5) is 20.0. The van der Waals surface area contributed by atoms with Crippen LogP contribution >= 0.6 is 0 Å². The molecule has 3 nitrogen and oxygen atoms in total. The molecule has 2 aromatic rings. The third-order valence-corrected chi connectivity index (χ3v) is 4.86. The number of hydrogen-bond donors (Lipinski definition) is 0. The third-order valence-electron chi connectivity index (χ3n) is 4.86. The van der Waals surface area contributed by atoms with Crippen LogP contribution in [0, 0.1) is 0 Å². The van der Waals surface area contributed by atoms with Crippen molar-refractivity contribution in [3.8, 4) is 0 Å². The van der Waals surface area contributed by atoms with E-state index in [0.29, 0.717) is 0 Å². The number of hydrogen-bond acceptors (Lipinski definition) is 3. The van der Waals surface area contributed by atoms with E-state index < -0.39 is 5.54 Å². The van der Waals surface area contributed by atoms with E-state index in [1.807, 2.05) is 30.3 Å². The van der Waals surface area contributed by atoms with Gasteiger partial charge in [-0.1, -0.05) is 25.1 Å². The van der Waals surface area contributed by atoms with Crippen molar-refractivity contribution in [2.45, 2.75) is 38.6 Å². The molecule has 0 amide bonds. The zero-order valence-corrected chi connectivity index (χ0v) is 12.8. The summed E-state index contributed by atoms with van der Waals surface area (Å²) in [5.74, 6) is 0.205. The highest BCUT2D eigenvalue weighted by Gasteiger charge is 2.39. The lowest BCUT2D eigenvalue weighted by Crippen LogP contribution is -2.50. The summed E-state index contributed by atoms with van der Waals surface area (Å²) in [6, 6.07) is 9.81. The normalized spacial score (nSPS) is 18.8. The van der Waals surface area contributed by atoms with Gasteiger partial charge in [-0.15, -0.1) is 0 Å². The summed E-state index contributed by atoms with van der Waals surface area (Å²) in [5.41, 5.74) is 1.16. The first-order valence-corrected chi connectivity index (χ1v) is 7.80. The van der Waals surface area contributed by atoms with Gasteiger partial charge in [-0.2, -0.15) is 0 Å². The minimum atomic E-state index is -0.414. The van der Waals surface area contributed by atoms with E-state index in [0.717, 1.165) is 36.0 Å². The minimum absolute atomic E-state index is 0.205. The van der Waals surface area contributed by atoms with Crippen LogP contribution in [0.2, 0.25) is 0 Å². The summed E-state index contributed by atoms with van der Waals surface area (Å²) in [7, 11) is 0. The molecule has 2 heterocycles. The number of benzene rings is 1. The first kappa shape index (κ1) is 14.2. The van der Waals surface area contributed by atoms with Gasteiger partial charge >= 0.3 is 0 Å². The van der Waals surface area contributed by atoms with Crippen molar-refractivity contribution in [1.82, 2.24) is 9.88 Å². The Morgan fingerprint density at radius 3 is 2.67 bits per heavy atom. The summed E-state index contributed by atoms with van der Waals surface area (Å²) in [6.07, 6.45) is 4.97. The van der Waals surface area contributed by atoms with Crippen molar-refractivity contribution in [3.05, 3.63) is 42.1 Å². The van der Waals surface area contributed by atoms with Crippen molar-refractivity contribution in [3.63, 3.8) is 0 Å². The molecule has 0 N–H and O–H groups in total. The van der Waals surface area contributed by atoms with Crippen molar-refractivity contribution < 1.29 is 4.79 Å². The van der Waals surface area contributed by atoms with Gasteiger partial charge in [0.05, 0.1) is 11.1 Å². The highest BCUT2D eigenvalue weighted by Crippen LogP contribution is 2.30. The molecule has 1 aliphatic rings. The number of Topliss-reactive ketones (excluding diaryl/α,β-unsaturated/α-hetero) is 1. The number of fused-ring (bicyclic) bond motifs is 1.